The summed E-state index contributed by atoms with van der Waals surface area (Å²) >= 11 is 3.36. The van der Waals surface area contributed by atoms with E-state index in [-0.39, 0.29) is 5.75 Å². The van der Waals surface area contributed by atoms with E-state index in [0.717, 1.165) is 15.9 Å². The first kappa shape index (κ1) is 13.6. The highest BCUT2D eigenvalue weighted by atomic mass is 79.9. The average molecular weight is 320 g/mol. The Bertz CT molecular complexity index is 596. The molecule has 0 aliphatic heterocycles. The van der Waals surface area contributed by atoms with Gasteiger partial charge in [-0.1, -0.05) is 28.1 Å². The molecule has 0 aromatic heterocycles. The lowest BCUT2D eigenvalue weighted by Crippen LogP contribution is -1.91. The maximum absolute atomic E-state index is 9.74. The third-order valence-corrected chi connectivity index (χ3v) is 2.99. The molecule has 0 aliphatic carbocycles. The van der Waals surface area contributed by atoms with E-state index in [1.54, 1.807) is 18.3 Å². The smallest absolute Gasteiger partial charge is 0.144 e. The first-order valence-electron chi connectivity index (χ1n) is 5.95. The lowest BCUT2D eigenvalue weighted by molar-refractivity contribution is 0.341. The van der Waals surface area contributed by atoms with Gasteiger partial charge in [0, 0.05) is 16.3 Å². The third-order valence-electron chi connectivity index (χ3n) is 2.50. The summed E-state index contributed by atoms with van der Waals surface area (Å²) in [5, 5.41) is 9.74. The van der Waals surface area contributed by atoms with Crippen molar-refractivity contribution < 1.29 is 9.84 Å². The maximum atomic E-state index is 9.74. The Labute approximate surface area is 120 Å². The molecule has 0 atom stereocenters. The minimum atomic E-state index is 0.195. The van der Waals surface area contributed by atoms with Crippen LogP contribution in [0, 0.1) is 0 Å². The number of aliphatic imine (C=N–C) groups is 1. The highest BCUT2D eigenvalue weighted by Gasteiger charge is 2.02. The first-order chi connectivity index (χ1) is 9.20. The standard InChI is InChI=1S/C15H14BrNO2/c1-2-19-15-6-4-3-5-13(15)17-10-11-9-12(16)7-8-14(11)18/h3-10,18H,2H2,1H3. The molecule has 0 fully saturated rings. The summed E-state index contributed by atoms with van der Waals surface area (Å²) in [6.07, 6.45) is 1.62. The van der Waals surface area contributed by atoms with Crippen molar-refractivity contribution in [2.45, 2.75) is 6.92 Å². The molecular weight excluding hydrogens is 306 g/mol. The molecule has 1 N–H and O–H groups in total. The molecule has 0 bridgehead atoms. The number of ether oxygens (including phenoxy) is 1. The van der Waals surface area contributed by atoms with Gasteiger partial charge >= 0.3 is 0 Å². The summed E-state index contributed by atoms with van der Waals surface area (Å²) in [5.74, 6) is 0.927. The molecule has 4 heteroatoms. The summed E-state index contributed by atoms with van der Waals surface area (Å²) in [4.78, 5) is 4.37. The van der Waals surface area contributed by atoms with Crippen LogP contribution < -0.4 is 4.74 Å². The van der Waals surface area contributed by atoms with Gasteiger partial charge < -0.3 is 9.84 Å². The van der Waals surface area contributed by atoms with Crippen molar-refractivity contribution in [3.63, 3.8) is 0 Å². The van der Waals surface area contributed by atoms with Crippen molar-refractivity contribution in [3.05, 3.63) is 52.5 Å². The van der Waals surface area contributed by atoms with Crippen LogP contribution in [-0.2, 0) is 0 Å². The van der Waals surface area contributed by atoms with Gasteiger partial charge in [-0.25, -0.2) is 0 Å². The van der Waals surface area contributed by atoms with E-state index in [9.17, 15) is 5.11 Å². The molecule has 0 amide bonds. The molecule has 3 nitrogen and oxygen atoms in total. The van der Waals surface area contributed by atoms with E-state index >= 15 is 0 Å². The fourth-order valence-electron chi connectivity index (χ4n) is 1.61. The fraction of sp³-hybridized carbons (Fsp3) is 0.133. The average Bonchev–Trinajstić information content (AvgIpc) is 2.42. The molecule has 0 aliphatic rings. The second kappa shape index (κ2) is 6.38. The highest BCUT2D eigenvalue weighted by Crippen LogP contribution is 2.27. The number of benzene rings is 2. The molecule has 0 spiro atoms. The van der Waals surface area contributed by atoms with Crippen LogP contribution >= 0.6 is 15.9 Å². The Morgan fingerprint density at radius 1 is 1.26 bits per heavy atom. The number of halogens is 1. The Morgan fingerprint density at radius 2 is 2.05 bits per heavy atom. The Hall–Kier alpha value is -1.81. The number of hydrogen-bond donors (Lipinski definition) is 1. The third kappa shape index (κ3) is 3.58. The number of aromatic hydroxyl groups is 1. The quantitative estimate of drug-likeness (QED) is 0.853. The molecule has 2 aromatic carbocycles. The Kier molecular flexibility index (Phi) is 4.58. The summed E-state index contributed by atoms with van der Waals surface area (Å²) in [5.41, 5.74) is 1.39. The van der Waals surface area contributed by atoms with Gasteiger partial charge in [-0.2, -0.15) is 0 Å². The zero-order valence-electron chi connectivity index (χ0n) is 10.5. The molecule has 0 saturated carbocycles. The van der Waals surface area contributed by atoms with Gasteiger partial charge in [0.05, 0.1) is 6.61 Å². The SMILES string of the molecule is CCOc1ccccc1N=Cc1cc(Br)ccc1O. The van der Waals surface area contributed by atoms with Crippen LogP contribution in [0.25, 0.3) is 0 Å². The van der Waals surface area contributed by atoms with Crippen molar-refractivity contribution in [2.75, 3.05) is 6.61 Å². The lowest BCUT2D eigenvalue weighted by atomic mass is 10.2. The van der Waals surface area contributed by atoms with Gasteiger partial charge in [0.2, 0.25) is 0 Å². The van der Waals surface area contributed by atoms with E-state index in [1.165, 1.54) is 0 Å². The summed E-state index contributed by atoms with van der Waals surface area (Å²) < 4.78 is 6.39. The number of nitrogens with zero attached hydrogens (tertiary/aromatic N) is 1. The lowest BCUT2D eigenvalue weighted by Gasteiger charge is -2.05. The minimum Gasteiger partial charge on any atom is -0.507 e. The number of phenolic OH excluding ortho intramolecular Hbond substituents is 1. The van der Waals surface area contributed by atoms with E-state index in [2.05, 4.69) is 20.9 Å². The Morgan fingerprint density at radius 3 is 2.84 bits per heavy atom. The second-order valence-corrected chi connectivity index (χ2v) is 4.78. The second-order valence-electron chi connectivity index (χ2n) is 3.86. The summed E-state index contributed by atoms with van der Waals surface area (Å²) in [7, 11) is 0. The largest absolute Gasteiger partial charge is 0.507 e. The van der Waals surface area contributed by atoms with Crippen molar-refractivity contribution in [1.29, 1.82) is 0 Å². The van der Waals surface area contributed by atoms with Gasteiger partial charge in [0.1, 0.15) is 17.2 Å². The molecule has 2 rings (SSSR count). The predicted molar refractivity (Wildman–Crippen MR) is 80.7 cm³/mol. The molecule has 0 heterocycles. The molecule has 19 heavy (non-hydrogen) atoms. The normalized spacial score (nSPS) is 10.8. The molecular formula is C15H14BrNO2. The summed E-state index contributed by atoms with van der Waals surface area (Å²) in [6.45, 7) is 2.52. The molecule has 0 saturated heterocycles. The van der Waals surface area contributed by atoms with Crippen molar-refractivity contribution >= 4 is 27.8 Å². The Balaban J connectivity index is 2.29. The van der Waals surface area contributed by atoms with Crippen LogP contribution in [0.15, 0.2) is 51.9 Å². The number of rotatable bonds is 4. The maximum Gasteiger partial charge on any atom is 0.144 e. The van der Waals surface area contributed by atoms with Crippen molar-refractivity contribution in [1.82, 2.24) is 0 Å². The van der Waals surface area contributed by atoms with Gasteiger partial charge in [-0.3, -0.25) is 4.99 Å². The molecule has 2 aromatic rings. The first-order valence-corrected chi connectivity index (χ1v) is 6.74. The van der Waals surface area contributed by atoms with E-state index in [4.69, 9.17) is 4.74 Å². The fourth-order valence-corrected chi connectivity index (χ4v) is 1.99. The van der Waals surface area contributed by atoms with Crippen LogP contribution in [0.5, 0.6) is 11.5 Å². The number of para-hydroxylation sites is 2. The number of hydrogen-bond acceptors (Lipinski definition) is 3. The van der Waals surface area contributed by atoms with Crippen LogP contribution in [0.4, 0.5) is 5.69 Å². The zero-order chi connectivity index (χ0) is 13.7. The predicted octanol–water partition coefficient (Wildman–Crippen LogP) is 4.30. The highest BCUT2D eigenvalue weighted by molar-refractivity contribution is 9.10. The minimum absolute atomic E-state index is 0.195. The van der Waals surface area contributed by atoms with Crippen molar-refractivity contribution in [3.8, 4) is 11.5 Å². The van der Waals surface area contributed by atoms with E-state index in [0.29, 0.717) is 12.2 Å². The van der Waals surface area contributed by atoms with Crippen LogP contribution in [0.3, 0.4) is 0 Å². The van der Waals surface area contributed by atoms with E-state index in [1.807, 2.05) is 37.3 Å². The van der Waals surface area contributed by atoms with Crippen LogP contribution in [0.2, 0.25) is 0 Å². The van der Waals surface area contributed by atoms with Gasteiger partial charge in [0.25, 0.3) is 0 Å². The van der Waals surface area contributed by atoms with Gasteiger partial charge in [0.15, 0.2) is 0 Å². The van der Waals surface area contributed by atoms with Gasteiger partial charge in [-0.15, -0.1) is 0 Å². The van der Waals surface area contributed by atoms with Crippen LogP contribution in [-0.4, -0.2) is 17.9 Å². The molecule has 0 unspecified atom stereocenters. The topological polar surface area (TPSA) is 41.8 Å². The summed E-state index contributed by atoms with van der Waals surface area (Å²) in [6, 6.07) is 12.8. The van der Waals surface area contributed by atoms with Gasteiger partial charge in [-0.05, 0) is 37.3 Å². The van der Waals surface area contributed by atoms with Crippen molar-refractivity contribution in [2.24, 2.45) is 4.99 Å². The van der Waals surface area contributed by atoms with E-state index < -0.39 is 0 Å². The van der Waals surface area contributed by atoms with Crippen LogP contribution in [0.1, 0.15) is 12.5 Å². The monoisotopic (exact) mass is 319 g/mol. The zero-order valence-corrected chi connectivity index (χ0v) is 12.1. The molecule has 98 valence electrons. The molecule has 0 radical (unpaired) electrons. The number of phenols is 1.